The van der Waals surface area contributed by atoms with Crippen LogP contribution in [-0.4, -0.2) is 35.9 Å². The van der Waals surface area contributed by atoms with Gasteiger partial charge in [0.1, 0.15) is 0 Å². The van der Waals surface area contributed by atoms with Gasteiger partial charge in [-0.3, -0.25) is 4.79 Å². The molecule has 1 heterocycles. The van der Waals surface area contributed by atoms with E-state index in [0.29, 0.717) is 13.1 Å². The maximum atomic E-state index is 12.8. The summed E-state index contributed by atoms with van der Waals surface area (Å²) in [6, 6.07) is 7.77. The van der Waals surface area contributed by atoms with Crippen LogP contribution in [0, 0.1) is 12.3 Å². The van der Waals surface area contributed by atoms with E-state index in [0.717, 1.165) is 26.9 Å². The van der Waals surface area contributed by atoms with Crippen LogP contribution < -0.4 is 5.73 Å². The Morgan fingerprint density at radius 1 is 1.31 bits per heavy atom. The summed E-state index contributed by atoms with van der Waals surface area (Å²) in [5.41, 5.74) is 7.50. The number of carbonyl (C=O) groups is 1. The van der Waals surface area contributed by atoms with Gasteiger partial charge in [0.15, 0.2) is 0 Å². The zero-order valence-electron chi connectivity index (χ0n) is 15.5. The van der Waals surface area contributed by atoms with E-state index in [-0.39, 0.29) is 36.1 Å². The third-order valence-corrected chi connectivity index (χ3v) is 5.65. The molecule has 4 nitrogen and oxygen atoms in total. The third kappa shape index (κ3) is 7.08. The van der Waals surface area contributed by atoms with Gasteiger partial charge in [0.05, 0.1) is 16.3 Å². The van der Waals surface area contributed by atoms with Crippen molar-refractivity contribution in [1.82, 2.24) is 9.88 Å². The normalized spacial score (nSPS) is 10.7. The quantitative estimate of drug-likeness (QED) is 0.643. The van der Waals surface area contributed by atoms with Gasteiger partial charge in [0.2, 0.25) is 0 Å². The van der Waals surface area contributed by atoms with Crippen molar-refractivity contribution in [1.29, 1.82) is 0 Å². The van der Waals surface area contributed by atoms with E-state index < -0.39 is 0 Å². The number of halogens is 2. The lowest BCUT2D eigenvalue weighted by Gasteiger charge is -2.29. The van der Waals surface area contributed by atoms with Crippen LogP contribution >= 0.6 is 47.9 Å². The smallest absolute Gasteiger partial charge is 0.254 e. The highest BCUT2D eigenvalue weighted by Gasteiger charge is 2.23. The first-order valence-corrected chi connectivity index (χ1v) is 9.77. The van der Waals surface area contributed by atoms with Crippen LogP contribution in [0.3, 0.4) is 0 Å². The second-order valence-electron chi connectivity index (χ2n) is 6.67. The zero-order valence-corrected chi connectivity index (χ0v) is 18.8. The molecule has 0 aliphatic heterocycles. The fraction of sp³-hybridized carbons (Fsp3) is 0.444. The summed E-state index contributed by atoms with van der Waals surface area (Å²) in [5, 5.41) is 3.14. The van der Waals surface area contributed by atoms with Crippen molar-refractivity contribution in [3.8, 4) is 0 Å². The molecule has 1 amide bonds. The minimum Gasteiger partial charge on any atom is -0.341 e. The summed E-state index contributed by atoms with van der Waals surface area (Å²) >= 11 is 3.31. The summed E-state index contributed by atoms with van der Waals surface area (Å²) < 4.78 is 0. The molecule has 0 radical (unpaired) electrons. The molecule has 26 heavy (non-hydrogen) atoms. The molecule has 0 fully saturated rings. The van der Waals surface area contributed by atoms with Crippen LogP contribution in [0.4, 0.5) is 0 Å². The average molecular weight is 436 g/mol. The first-order valence-electron chi connectivity index (χ1n) is 7.91. The molecule has 1 aromatic heterocycles. The number of nitrogens with two attached hydrogens (primary N) is 1. The summed E-state index contributed by atoms with van der Waals surface area (Å²) in [4.78, 5) is 20.1. The van der Waals surface area contributed by atoms with Crippen LogP contribution in [0.2, 0.25) is 0 Å². The molecular formula is C18H27Cl2N3OS2. The van der Waals surface area contributed by atoms with Crippen molar-refractivity contribution in [2.24, 2.45) is 11.1 Å². The standard InChI is InChI=1S/C18H25N3OS2.2ClH/c1-13-20-14(9-23-13)10-24-16-8-6-5-7-15(16)17(22)21(4)12-18(2,3)11-19;;/h5-9H,10-12,19H2,1-4H3;2*1H. The number of aryl methyl sites for hydroxylation is 1. The highest BCUT2D eigenvalue weighted by molar-refractivity contribution is 7.98. The van der Waals surface area contributed by atoms with Gasteiger partial charge >= 0.3 is 0 Å². The highest BCUT2D eigenvalue weighted by Crippen LogP contribution is 2.28. The summed E-state index contributed by atoms with van der Waals surface area (Å²) in [6.45, 7) is 7.32. The third-order valence-electron chi connectivity index (χ3n) is 3.72. The molecular weight excluding hydrogens is 409 g/mol. The van der Waals surface area contributed by atoms with Gasteiger partial charge in [0.25, 0.3) is 5.91 Å². The number of benzene rings is 1. The van der Waals surface area contributed by atoms with Crippen LogP contribution in [0.15, 0.2) is 34.5 Å². The Labute approximate surface area is 176 Å². The van der Waals surface area contributed by atoms with Gasteiger partial charge < -0.3 is 10.6 Å². The Kier molecular flexibility index (Phi) is 10.8. The number of thioether (sulfide) groups is 1. The number of hydrogen-bond donors (Lipinski definition) is 1. The molecule has 0 atom stereocenters. The fourth-order valence-electron chi connectivity index (χ4n) is 2.38. The molecule has 0 saturated heterocycles. The van der Waals surface area contributed by atoms with E-state index >= 15 is 0 Å². The van der Waals surface area contributed by atoms with Gasteiger partial charge in [-0.25, -0.2) is 4.98 Å². The minimum atomic E-state index is -0.0926. The molecule has 2 aromatic rings. The van der Waals surface area contributed by atoms with E-state index in [1.165, 1.54) is 0 Å². The number of nitrogens with zero attached hydrogens (tertiary/aromatic N) is 2. The number of thiazole rings is 1. The number of hydrogen-bond acceptors (Lipinski definition) is 5. The minimum absolute atomic E-state index is 0. The molecule has 0 aliphatic rings. The van der Waals surface area contributed by atoms with E-state index in [1.54, 1.807) is 28.0 Å². The first-order chi connectivity index (χ1) is 11.3. The van der Waals surface area contributed by atoms with Gasteiger partial charge in [-0.05, 0) is 31.0 Å². The Bertz CT molecular complexity index is 707. The lowest BCUT2D eigenvalue weighted by Crippen LogP contribution is -2.39. The van der Waals surface area contributed by atoms with Gasteiger partial charge in [-0.1, -0.05) is 26.0 Å². The molecule has 0 saturated carbocycles. The molecule has 146 valence electrons. The SMILES string of the molecule is Cc1nc(CSc2ccccc2C(=O)N(C)CC(C)(C)CN)cs1.Cl.Cl. The maximum absolute atomic E-state index is 12.8. The molecule has 0 aliphatic carbocycles. The highest BCUT2D eigenvalue weighted by atomic mass is 35.5. The lowest BCUT2D eigenvalue weighted by molar-refractivity contribution is 0.0737. The Balaban J connectivity index is 0.00000312. The topological polar surface area (TPSA) is 59.2 Å². The molecule has 8 heteroatoms. The lowest BCUT2D eigenvalue weighted by atomic mass is 9.93. The molecule has 0 spiro atoms. The zero-order chi connectivity index (χ0) is 17.7. The van der Waals surface area contributed by atoms with Gasteiger partial charge in [-0.15, -0.1) is 47.9 Å². The Morgan fingerprint density at radius 3 is 2.54 bits per heavy atom. The number of rotatable bonds is 7. The molecule has 2 N–H and O–H groups in total. The van der Waals surface area contributed by atoms with Crippen LogP contribution in [0.25, 0.3) is 0 Å². The van der Waals surface area contributed by atoms with E-state index in [4.69, 9.17) is 5.73 Å². The first kappa shape index (κ1) is 25.2. The maximum Gasteiger partial charge on any atom is 0.254 e. The van der Waals surface area contributed by atoms with Gasteiger partial charge in [-0.2, -0.15) is 0 Å². The predicted octanol–water partition coefficient (Wildman–Crippen LogP) is 4.64. The number of carbonyl (C=O) groups excluding carboxylic acids is 1. The van der Waals surface area contributed by atoms with Crippen molar-refractivity contribution >= 4 is 53.8 Å². The van der Waals surface area contributed by atoms with Crippen LogP contribution in [0.5, 0.6) is 0 Å². The molecule has 0 bridgehead atoms. The van der Waals surface area contributed by atoms with E-state index in [2.05, 4.69) is 24.2 Å². The number of amides is 1. The summed E-state index contributed by atoms with van der Waals surface area (Å²) in [7, 11) is 1.84. The van der Waals surface area contributed by atoms with E-state index in [1.807, 2.05) is 38.2 Å². The Morgan fingerprint density at radius 2 is 1.96 bits per heavy atom. The average Bonchev–Trinajstić information content (AvgIpc) is 2.97. The monoisotopic (exact) mass is 435 g/mol. The predicted molar refractivity (Wildman–Crippen MR) is 117 cm³/mol. The van der Waals surface area contributed by atoms with Crippen molar-refractivity contribution in [2.45, 2.75) is 31.4 Å². The molecule has 2 rings (SSSR count). The van der Waals surface area contributed by atoms with E-state index in [9.17, 15) is 4.79 Å². The van der Waals surface area contributed by atoms with Gasteiger partial charge in [0, 0.05) is 29.6 Å². The number of aromatic nitrogens is 1. The van der Waals surface area contributed by atoms with Crippen molar-refractivity contribution in [3.63, 3.8) is 0 Å². The van der Waals surface area contributed by atoms with Crippen LogP contribution in [-0.2, 0) is 5.75 Å². The summed E-state index contributed by atoms with van der Waals surface area (Å²) in [5.74, 6) is 0.807. The Hall–Kier alpha value is -0.790. The molecule has 0 unspecified atom stereocenters. The second-order valence-corrected chi connectivity index (χ2v) is 8.75. The second kappa shape index (κ2) is 11.1. The fourth-order valence-corrected chi connectivity index (χ4v) is 4.03. The molecule has 1 aromatic carbocycles. The van der Waals surface area contributed by atoms with Crippen molar-refractivity contribution in [2.75, 3.05) is 20.1 Å². The van der Waals surface area contributed by atoms with Crippen molar-refractivity contribution in [3.05, 3.63) is 45.9 Å². The largest absolute Gasteiger partial charge is 0.341 e. The van der Waals surface area contributed by atoms with Crippen molar-refractivity contribution < 1.29 is 4.79 Å². The van der Waals surface area contributed by atoms with Crippen LogP contribution in [0.1, 0.15) is 34.9 Å². The summed E-state index contributed by atoms with van der Waals surface area (Å²) in [6.07, 6.45) is 0.